The zero-order valence-corrected chi connectivity index (χ0v) is 17.8. The van der Waals surface area contributed by atoms with E-state index in [4.69, 9.17) is 27.9 Å². The predicted molar refractivity (Wildman–Crippen MR) is 115 cm³/mol. The molecule has 0 aromatic heterocycles. The van der Waals surface area contributed by atoms with Gasteiger partial charge in [0.05, 0.1) is 22.2 Å². The molecule has 1 saturated heterocycles. The van der Waals surface area contributed by atoms with Crippen molar-refractivity contribution in [2.75, 3.05) is 26.2 Å². The number of carbonyl (C=O) groups is 1. The minimum atomic E-state index is -0.929. The molecule has 0 saturated carbocycles. The lowest BCUT2D eigenvalue weighted by Gasteiger charge is -2.27. The van der Waals surface area contributed by atoms with Crippen molar-refractivity contribution in [3.05, 3.63) is 64.1 Å². The van der Waals surface area contributed by atoms with Gasteiger partial charge in [-0.05, 0) is 43.5 Å². The lowest BCUT2D eigenvalue weighted by molar-refractivity contribution is -0.122. The van der Waals surface area contributed by atoms with Crippen molar-refractivity contribution in [2.24, 2.45) is 0 Å². The predicted octanol–water partition coefficient (Wildman–Crippen LogP) is 3.91. The van der Waals surface area contributed by atoms with E-state index in [1.165, 1.54) is 0 Å². The molecule has 0 spiro atoms. The summed E-state index contributed by atoms with van der Waals surface area (Å²) in [5, 5.41) is 14.8. The third-order valence-corrected chi connectivity index (χ3v) is 5.85. The number of amides is 1. The maximum atomic E-state index is 12.3. The first-order valence-corrected chi connectivity index (χ1v) is 10.5. The van der Waals surface area contributed by atoms with Crippen molar-refractivity contribution in [1.82, 2.24) is 10.2 Å². The number of carbonyl (C=O) groups excluding carboxylic acids is 1. The van der Waals surface area contributed by atoms with Crippen LogP contribution in [0.25, 0.3) is 0 Å². The Hall–Kier alpha value is -1.79. The Bertz CT molecular complexity index is 819. The zero-order chi connectivity index (χ0) is 20.7. The molecule has 2 aromatic rings. The van der Waals surface area contributed by atoms with Crippen LogP contribution in [0.3, 0.4) is 0 Å². The van der Waals surface area contributed by atoms with Crippen molar-refractivity contribution >= 4 is 29.1 Å². The second-order valence-electron chi connectivity index (χ2n) is 7.48. The van der Waals surface area contributed by atoms with Crippen LogP contribution in [0.4, 0.5) is 0 Å². The molecule has 156 valence electrons. The zero-order valence-electron chi connectivity index (χ0n) is 16.2. The van der Waals surface area contributed by atoms with Gasteiger partial charge in [0, 0.05) is 19.2 Å². The number of nitrogens with one attached hydrogen (secondary N) is 1. The largest absolute Gasteiger partial charge is 0.491 e. The van der Waals surface area contributed by atoms with Crippen molar-refractivity contribution in [1.29, 1.82) is 0 Å². The van der Waals surface area contributed by atoms with Crippen LogP contribution in [0, 0.1) is 0 Å². The third-order valence-electron chi connectivity index (χ3n) is 5.11. The Balaban J connectivity index is 1.44. The first-order valence-electron chi connectivity index (χ1n) is 9.77. The Morgan fingerprint density at radius 1 is 1.10 bits per heavy atom. The Morgan fingerprint density at radius 2 is 1.90 bits per heavy atom. The second-order valence-corrected chi connectivity index (χ2v) is 8.30. The number of hydrogen-bond acceptors (Lipinski definition) is 4. The van der Waals surface area contributed by atoms with Crippen molar-refractivity contribution < 1.29 is 14.6 Å². The van der Waals surface area contributed by atoms with Crippen molar-refractivity contribution in [2.45, 2.75) is 31.4 Å². The Morgan fingerprint density at radius 3 is 2.66 bits per heavy atom. The molecule has 1 aliphatic heterocycles. The van der Waals surface area contributed by atoms with Gasteiger partial charge in [-0.1, -0.05) is 53.5 Å². The second kappa shape index (κ2) is 10.3. The molecule has 2 N–H and O–H groups in total. The van der Waals surface area contributed by atoms with Crippen LogP contribution >= 0.6 is 23.2 Å². The van der Waals surface area contributed by atoms with Crippen LogP contribution in [0.15, 0.2) is 48.5 Å². The fraction of sp³-hybridized carbons (Fsp3) is 0.409. The summed E-state index contributed by atoms with van der Waals surface area (Å²) >= 11 is 11.9. The van der Waals surface area contributed by atoms with Crippen LogP contribution in [0.1, 0.15) is 24.8 Å². The lowest BCUT2D eigenvalue weighted by atomic mass is 9.96. The summed E-state index contributed by atoms with van der Waals surface area (Å²) in [5.41, 5.74) is 0.145. The fourth-order valence-corrected chi connectivity index (χ4v) is 3.67. The molecular formula is C22H26Cl2N2O3. The van der Waals surface area contributed by atoms with E-state index in [9.17, 15) is 9.90 Å². The van der Waals surface area contributed by atoms with Crippen LogP contribution in [0.5, 0.6) is 5.75 Å². The van der Waals surface area contributed by atoms with Gasteiger partial charge >= 0.3 is 0 Å². The standard InChI is InChI=1S/C22H26Cl2N2O3/c23-19-8-7-18(13-20(19)24)29-16-22(28)9-4-11-26(12-10-22)15-21(27)25-14-17-5-2-1-3-6-17/h1-3,5-8,13,28H,4,9-12,14-16H2,(H,25,27)/t22-/m1/s1. The number of halogens is 2. The number of nitrogens with zero attached hydrogens (tertiary/aromatic N) is 1. The van der Waals surface area contributed by atoms with Crippen LogP contribution < -0.4 is 10.1 Å². The van der Waals surface area contributed by atoms with E-state index in [-0.39, 0.29) is 12.5 Å². The summed E-state index contributed by atoms with van der Waals surface area (Å²) < 4.78 is 5.75. The van der Waals surface area contributed by atoms with Gasteiger partial charge in [-0.2, -0.15) is 0 Å². The Kier molecular flexibility index (Phi) is 7.78. The average molecular weight is 437 g/mol. The minimum Gasteiger partial charge on any atom is -0.491 e. The number of rotatable bonds is 7. The van der Waals surface area contributed by atoms with Crippen LogP contribution in [-0.2, 0) is 11.3 Å². The normalized spacial score (nSPS) is 20.1. The highest BCUT2D eigenvalue weighted by Gasteiger charge is 2.31. The van der Waals surface area contributed by atoms with E-state index >= 15 is 0 Å². The van der Waals surface area contributed by atoms with E-state index < -0.39 is 5.60 Å². The molecule has 0 unspecified atom stereocenters. The quantitative estimate of drug-likeness (QED) is 0.690. The van der Waals surface area contributed by atoms with Gasteiger partial charge in [0.15, 0.2) is 0 Å². The average Bonchev–Trinajstić information content (AvgIpc) is 2.90. The van der Waals surface area contributed by atoms with Gasteiger partial charge in [0.1, 0.15) is 12.4 Å². The molecule has 2 aromatic carbocycles. The summed E-state index contributed by atoms with van der Waals surface area (Å²) in [5.74, 6) is 0.570. The maximum Gasteiger partial charge on any atom is 0.234 e. The number of likely N-dealkylation sites (tertiary alicyclic amines) is 1. The number of hydrogen-bond donors (Lipinski definition) is 2. The molecule has 5 nitrogen and oxygen atoms in total. The van der Waals surface area contributed by atoms with Crippen molar-refractivity contribution in [3.8, 4) is 5.75 Å². The van der Waals surface area contributed by atoms with Crippen LogP contribution in [-0.4, -0.2) is 47.8 Å². The van der Waals surface area contributed by atoms with Gasteiger partial charge in [-0.15, -0.1) is 0 Å². The highest BCUT2D eigenvalue weighted by Crippen LogP contribution is 2.28. The van der Waals surface area contributed by atoms with Crippen molar-refractivity contribution in [3.63, 3.8) is 0 Å². The van der Waals surface area contributed by atoms with Gasteiger partial charge in [0.2, 0.25) is 5.91 Å². The van der Waals surface area contributed by atoms with E-state index in [0.29, 0.717) is 48.3 Å². The molecule has 1 amide bonds. The number of ether oxygens (including phenoxy) is 1. The third kappa shape index (κ3) is 6.89. The van der Waals surface area contributed by atoms with Gasteiger partial charge in [0.25, 0.3) is 0 Å². The monoisotopic (exact) mass is 436 g/mol. The van der Waals surface area contributed by atoms with Gasteiger partial charge in [-0.25, -0.2) is 0 Å². The molecule has 1 heterocycles. The summed E-state index contributed by atoms with van der Waals surface area (Å²) in [6.45, 7) is 2.44. The topological polar surface area (TPSA) is 61.8 Å². The smallest absolute Gasteiger partial charge is 0.234 e. The number of benzene rings is 2. The molecule has 1 fully saturated rings. The van der Waals surface area contributed by atoms with E-state index in [1.54, 1.807) is 18.2 Å². The molecule has 1 atom stereocenters. The summed E-state index contributed by atoms with van der Waals surface area (Å²) in [4.78, 5) is 14.3. The highest BCUT2D eigenvalue weighted by molar-refractivity contribution is 6.42. The molecule has 1 aliphatic rings. The molecule has 0 bridgehead atoms. The fourth-order valence-electron chi connectivity index (χ4n) is 3.38. The first kappa shape index (κ1) is 21.9. The van der Waals surface area contributed by atoms with E-state index in [0.717, 1.165) is 18.5 Å². The van der Waals surface area contributed by atoms with E-state index in [2.05, 4.69) is 10.2 Å². The summed E-state index contributed by atoms with van der Waals surface area (Å²) in [6.07, 6.45) is 1.96. The first-order chi connectivity index (χ1) is 13.9. The minimum absolute atomic E-state index is 0.00801. The van der Waals surface area contributed by atoms with Gasteiger partial charge < -0.3 is 15.2 Å². The Labute approximate surface area is 181 Å². The molecule has 29 heavy (non-hydrogen) atoms. The highest BCUT2D eigenvalue weighted by atomic mass is 35.5. The molecule has 0 aliphatic carbocycles. The van der Waals surface area contributed by atoms with Crippen LogP contribution in [0.2, 0.25) is 10.0 Å². The maximum absolute atomic E-state index is 12.3. The number of aliphatic hydroxyl groups is 1. The molecule has 7 heteroatoms. The summed E-state index contributed by atoms with van der Waals surface area (Å²) in [6, 6.07) is 14.9. The SMILES string of the molecule is O=C(CN1CCC[C@](O)(COc2ccc(Cl)c(Cl)c2)CC1)NCc1ccccc1. The lowest BCUT2D eigenvalue weighted by Crippen LogP contribution is -2.40. The molecule has 0 radical (unpaired) electrons. The van der Waals surface area contributed by atoms with Gasteiger partial charge in [-0.3, -0.25) is 9.69 Å². The molecule has 3 rings (SSSR count). The van der Waals surface area contributed by atoms with E-state index in [1.807, 2.05) is 30.3 Å². The summed E-state index contributed by atoms with van der Waals surface area (Å²) in [7, 11) is 0. The molecular weight excluding hydrogens is 411 g/mol.